The van der Waals surface area contributed by atoms with Crippen molar-refractivity contribution in [2.24, 2.45) is 0 Å². The van der Waals surface area contributed by atoms with Crippen LogP contribution in [0, 0.1) is 0 Å². The van der Waals surface area contributed by atoms with Crippen molar-refractivity contribution in [2.75, 3.05) is 0 Å². The van der Waals surface area contributed by atoms with Gasteiger partial charge in [0.05, 0.1) is 6.10 Å². The lowest BCUT2D eigenvalue weighted by Gasteiger charge is -2.37. The van der Waals surface area contributed by atoms with Crippen molar-refractivity contribution in [3.05, 3.63) is 51.5 Å². The van der Waals surface area contributed by atoms with E-state index in [0.717, 1.165) is 0 Å². The number of hydrogen-bond donors (Lipinski definition) is 3. The zero-order chi connectivity index (χ0) is 18.4. The molecule has 1 fully saturated rings. The molecule has 8 nitrogen and oxygen atoms in total. The molecule has 0 spiro atoms. The van der Waals surface area contributed by atoms with E-state index in [1.54, 1.807) is 12.1 Å². The number of benzene rings is 1. The van der Waals surface area contributed by atoms with Crippen molar-refractivity contribution in [1.29, 1.82) is 0 Å². The fraction of sp³-hybridized carbons (Fsp3) is 0.333. The Morgan fingerprint density at radius 3 is 2.85 bits per heavy atom. The monoisotopic (exact) mass is 359 g/mol. The predicted octanol–water partition coefficient (Wildman–Crippen LogP) is -1.56. The fourth-order valence-electron chi connectivity index (χ4n) is 2.96. The Bertz CT molecular complexity index is 997. The summed E-state index contributed by atoms with van der Waals surface area (Å²) in [5.41, 5.74) is 0.830. The molecule has 0 bridgehead atoms. The highest BCUT2D eigenvalue weighted by Gasteiger charge is 2.42. The molecule has 0 amide bonds. The van der Waals surface area contributed by atoms with Crippen LogP contribution in [0.25, 0.3) is 23.6 Å². The molecule has 8 heteroatoms. The molecule has 0 radical (unpaired) electrons. The van der Waals surface area contributed by atoms with Crippen LogP contribution in [-0.2, 0) is 9.47 Å². The molecule has 2 heterocycles. The number of aromatic nitrogens is 1. The lowest BCUT2D eigenvalue weighted by Crippen LogP contribution is -2.53. The molecule has 1 saturated heterocycles. The Balaban J connectivity index is 1.62. The Labute approximate surface area is 147 Å². The summed E-state index contributed by atoms with van der Waals surface area (Å²) in [4.78, 5) is 15.9. The molecule has 0 aromatic heterocycles. The maximum Gasteiger partial charge on any atom is 0.228 e. The minimum Gasteiger partial charge on any atom is -0.464 e. The van der Waals surface area contributed by atoms with Gasteiger partial charge in [0, 0.05) is 6.07 Å². The van der Waals surface area contributed by atoms with E-state index in [4.69, 9.17) is 13.9 Å². The van der Waals surface area contributed by atoms with Crippen LogP contribution in [0.5, 0.6) is 0 Å². The van der Waals surface area contributed by atoms with E-state index in [0.29, 0.717) is 28.6 Å². The third kappa shape index (κ3) is 2.93. The van der Waals surface area contributed by atoms with Gasteiger partial charge in [0.15, 0.2) is 16.6 Å². The number of aliphatic hydroxyl groups excluding tert-OH is 3. The van der Waals surface area contributed by atoms with Crippen LogP contribution >= 0.6 is 0 Å². The first-order chi connectivity index (χ1) is 12.4. The van der Waals surface area contributed by atoms with Gasteiger partial charge in [-0.2, -0.15) is 0 Å². The van der Waals surface area contributed by atoms with Gasteiger partial charge in [-0.05, 0) is 24.6 Å². The molecule has 0 aromatic rings. The summed E-state index contributed by atoms with van der Waals surface area (Å²) in [7, 11) is 0. The summed E-state index contributed by atoms with van der Waals surface area (Å²) in [5, 5.41) is 30.1. The minimum absolute atomic E-state index is 0.0756. The zero-order valence-electron chi connectivity index (χ0n) is 13.6. The van der Waals surface area contributed by atoms with Crippen LogP contribution < -0.4 is 16.2 Å². The maximum atomic E-state index is 11.5. The number of rotatable bonds is 2. The molecule has 3 N–H and O–H groups in total. The van der Waals surface area contributed by atoms with Crippen LogP contribution in [0.4, 0.5) is 0 Å². The van der Waals surface area contributed by atoms with Gasteiger partial charge in [0.2, 0.25) is 6.29 Å². The van der Waals surface area contributed by atoms with Crippen LogP contribution in [0.15, 0.2) is 39.7 Å². The molecular weight excluding hydrogens is 342 g/mol. The van der Waals surface area contributed by atoms with Crippen molar-refractivity contribution < 1.29 is 29.2 Å². The van der Waals surface area contributed by atoms with Gasteiger partial charge in [-0.1, -0.05) is 12.7 Å². The van der Waals surface area contributed by atoms with Crippen LogP contribution in [0.2, 0.25) is 0 Å². The second-order valence-electron chi connectivity index (χ2n) is 6.25. The molecule has 2 aliphatic carbocycles. The van der Waals surface area contributed by atoms with Gasteiger partial charge in [-0.15, -0.1) is 0 Å². The van der Waals surface area contributed by atoms with E-state index in [2.05, 4.69) is 11.6 Å². The average Bonchev–Trinajstić information content (AvgIpc) is 2.62. The SMILES string of the molecule is C=C1O[C@@H](OC2C=c3oc4cc(=O)ccc-4nc3=CC2)[C@H](O)[C@@H](O)[C@@H]1O. The fourth-order valence-corrected chi connectivity index (χ4v) is 2.96. The lowest BCUT2D eigenvalue weighted by molar-refractivity contribution is -0.250. The van der Waals surface area contributed by atoms with Crippen LogP contribution in [-0.4, -0.2) is 51.0 Å². The molecule has 4 rings (SSSR count). The molecule has 136 valence electrons. The first kappa shape index (κ1) is 16.9. The molecule has 2 aliphatic heterocycles. The van der Waals surface area contributed by atoms with E-state index < -0.39 is 30.7 Å². The summed E-state index contributed by atoms with van der Waals surface area (Å²) in [6, 6.07) is 4.38. The Morgan fingerprint density at radius 1 is 1.23 bits per heavy atom. The highest BCUT2D eigenvalue weighted by atomic mass is 16.7. The highest BCUT2D eigenvalue weighted by Crippen LogP contribution is 2.25. The third-order valence-corrected chi connectivity index (χ3v) is 4.38. The smallest absolute Gasteiger partial charge is 0.228 e. The highest BCUT2D eigenvalue weighted by molar-refractivity contribution is 5.53. The average molecular weight is 359 g/mol. The molecule has 1 unspecified atom stereocenters. The van der Waals surface area contributed by atoms with Gasteiger partial charge in [-0.3, -0.25) is 4.79 Å². The second-order valence-corrected chi connectivity index (χ2v) is 6.25. The van der Waals surface area contributed by atoms with Crippen molar-refractivity contribution in [1.82, 2.24) is 4.98 Å². The number of fused-ring (bicyclic) bond motifs is 2. The Morgan fingerprint density at radius 2 is 2.04 bits per heavy atom. The van der Waals surface area contributed by atoms with Crippen LogP contribution in [0.1, 0.15) is 6.42 Å². The summed E-state index contributed by atoms with van der Waals surface area (Å²) in [6.45, 7) is 3.50. The van der Waals surface area contributed by atoms with Crippen molar-refractivity contribution >= 4 is 12.2 Å². The topological polar surface area (TPSA) is 122 Å². The van der Waals surface area contributed by atoms with E-state index in [9.17, 15) is 20.1 Å². The van der Waals surface area contributed by atoms with Gasteiger partial charge in [0.25, 0.3) is 0 Å². The van der Waals surface area contributed by atoms with Crippen molar-refractivity contribution in [3.63, 3.8) is 0 Å². The normalized spacial score (nSPS) is 30.9. The van der Waals surface area contributed by atoms with E-state index >= 15 is 0 Å². The Hall–Kier alpha value is -2.52. The quantitative estimate of drug-likeness (QED) is 0.589. The summed E-state index contributed by atoms with van der Waals surface area (Å²) in [6.07, 6.45) is -2.04. The molecular formula is C18H17NO7. The number of aliphatic hydroxyl groups is 3. The maximum absolute atomic E-state index is 11.5. The molecule has 5 atom stereocenters. The third-order valence-electron chi connectivity index (χ3n) is 4.38. The van der Waals surface area contributed by atoms with Gasteiger partial charge >= 0.3 is 0 Å². The van der Waals surface area contributed by atoms with E-state index in [-0.39, 0.29) is 11.2 Å². The number of nitrogens with zero attached hydrogens (tertiary/aromatic N) is 1. The first-order valence-electron chi connectivity index (χ1n) is 8.10. The van der Waals surface area contributed by atoms with Crippen molar-refractivity contribution in [2.45, 2.75) is 37.1 Å². The summed E-state index contributed by atoms with van der Waals surface area (Å²) < 4.78 is 16.7. The van der Waals surface area contributed by atoms with Gasteiger partial charge in [0.1, 0.15) is 35.1 Å². The standard InChI is InChI=1S/C18H17NO7/c1-8-15(21)16(22)17(23)18(24-8)25-10-3-5-12-14(7-10)26-13-6-9(20)2-4-11(13)19-12/h2,4-7,10,15-18,21-23H,1,3H2/t10?,15-,16+,17-,18+/m1/s1. The summed E-state index contributed by atoms with van der Waals surface area (Å²) in [5.74, 6) is 0.288. The number of ether oxygens (including phenoxy) is 2. The van der Waals surface area contributed by atoms with Gasteiger partial charge < -0.3 is 29.2 Å². The Kier molecular flexibility index (Phi) is 4.12. The lowest BCUT2D eigenvalue weighted by atomic mass is 10.0. The van der Waals surface area contributed by atoms with Gasteiger partial charge in [-0.25, -0.2) is 4.98 Å². The van der Waals surface area contributed by atoms with E-state index in [1.807, 2.05) is 6.08 Å². The predicted molar refractivity (Wildman–Crippen MR) is 89.1 cm³/mol. The van der Waals surface area contributed by atoms with E-state index in [1.165, 1.54) is 12.1 Å². The zero-order valence-corrected chi connectivity index (χ0v) is 13.6. The molecule has 4 aliphatic rings. The second kappa shape index (κ2) is 6.33. The molecule has 0 saturated carbocycles. The molecule has 26 heavy (non-hydrogen) atoms. The summed E-state index contributed by atoms with van der Waals surface area (Å²) >= 11 is 0. The molecule has 0 aromatic carbocycles. The van der Waals surface area contributed by atoms with Crippen LogP contribution in [0.3, 0.4) is 0 Å². The number of hydrogen-bond acceptors (Lipinski definition) is 8. The first-order valence-corrected chi connectivity index (χ1v) is 8.10. The largest absolute Gasteiger partial charge is 0.464 e. The minimum atomic E-state index is -1.45. The van der Waals surface area contributed by atoms with Crippen molar-refractivity contribution in [3.8, 4) is 11.5 Å².